The Kier molecular flexibility index (Phi) is 3.68. The molecule has 1 aliphatic heterocycles. The fourth-order valence-corrected chi connectivity index (χ4v) is 1.99. The molecule has 1 rings (SSSR count). The zero-order chi connectivity index (χ0) is 11.5. The molecular weight excluding hydrogens is 196 g/mol. The van der Waals surface area contributed by atoms with Crippen LogP contribution < -0.4 is 10.6 Å². The predicted octanol–water partition coefficient (Wildman–Crippen LogP) is -0.177. The molecular formula is C10H18N2O3. The van der Waals surface area contributed by atoms with Crippen LogP contribution in [0.5, 0.6) is 0 Å². The molecule has 1 atom stereocenters. The van der Waals surface area contributed by atoms with Crippen LogP contribution in [0.3, 0.4) is 0 Å². The van der Waals surface area contributed by atoms with Gasteiger partial charge in [0, 0.05) is 6.54 Å². The van der Waals surface area contributed by atoms with E-state index in [2.05, 4.69) is 10.6 Å². The van der Waals surface area contributed by atoms with Gasteiger partial charge in [0.2, 0.25) is 5.91 Å². The minimum atomic E-state index is -1.01. The van der Waals surface area contributed by atoms with Crippen molar-refractivity contribution in [3.8, 4) is 0 Å². The molecule has 1 fully saturated rings. The fraction of sp³-hybridized carbons (Fsp3) is 0.800. The van der Waals surface area contributed by atoms with Crippen molar-refractivity contribution >= 4 is 11.9 Å². The van der Waals surface area contributed by atoms with Crippen molar-refractivity contribution in [2.75, 3.05) is 19.6 Å². The summed E-state index contributed by atoms with van der Waals surface area (Å²) in [6.45, 7) is 5.14. The summed E-state index contributed by atoms with van der Waals surface area (Å²) in [4.78, 5) is 22.3. The monoisotopic (exact) mass is 214 g/mol. The molecule has 3 N–H and O–H groups in total. The first-order valence-electron chi connectivity index (χ1n) is 5.20. The Morgan fingerprint density at radius 3 is 2.60 bits per heavy atom. The molecule has 0 spiro atoms. The highest BCUT2D eigenvalue weighted by Gasteiger charge is 2.43. The molecule has 1 aliphatic rings. The number of hydrogen-bond donors (Lipinski definition) is 3. The Labute approximate surface area is 89.2 Å². The summed E-state index contributed by atoms with van der Waals surface area (Å²) in [6.07, 6.45) is 0.774. The van der Waals surface area contributed by atoms with Gasteiger partial charge in [0.15, 0.2) is 0 Å². The van der Waals surface area contributed by atoms with Crippen molar-refractivity contribution in [3.05, 3.63) is 0 Å². The van der Waals surface area contributed by atoms with Crippen molar-refractivity contribution in [3.63, 3.8) is 0 Å². The van der Waals surface area contributed by atoms with Crippen LogP contribution in [0.4, 0.5) is 0 Å². The van der Waals surface area contributed by atoms with Crippen molar-refractivity contribution in [1.82, 2.24) is 10.6 Å². The van der Waals surface area contributed by atoms with Crippen molar-refractivity contribution in [2.24, 2.45) is 11.3 Å². The van der Waals surface area contributed by atoms with Crippen LogP contribution in [0, 0.1) is 11.3 Å². The van der Waals surface area contributed by atoms with E-state index in [0.29, 0.717) is 6.54 Å². The normalized spacial score (nSPS) is 25.5. The van der Waals surface area contributed by atoms with Crippen molar-refractivity contribution in [2.45, 2.75) is 20.3 Å². The van der Waals surface area contributed by atoms with Crippen molar-refractivity contribution in [1.29, 1.82) is 0 Å². The fourth-order valence-electron chi connectivity index (χ4n) is 1.99. The number of carbonyl (C=O) groups excluding carboxylic acids is 1. The number of rotatable bonds is 4. The SMILES string of the molecule is CC(C)C1(C(=O)NCC(=O)O)CCNC1. The van der Waals surface area contributed by atoms with Gasteiger partial charge in [0.1, 0.15) is 6.54 Å². The van der Waals surface area contributed by atoms with E-state index >= 15 is 0 Å². The summed E-state index contributed by atoms with van der Waals surface area (Å²) in [5.41, 5.74) is -0.435. The molecule has 1 amide bonds. The van der Waals surface area contributed by atoms with Crippen LogP contribution in [-0.2, 0) is 9.59 Å². The van der Waals surface area contributed by atoms with Crippen LogP contribution in [0.15, 0.2) is 0 Å². The van der Waals surface area contributed by atoms with Crippen LogP contribution in [-0.4, -0.2) is 36.6 Å². The first kappa shape index (κ1) is 12.0. The van der Waals surface area contributed by atoms with E-state index in [0.717, 1.165) is 13.0 Å². The Morgan fingerprint density at radius 1 is 1.53 bits per heavy atom. The molecule has 1 saturated heterocycles. The second-order valence-electron chi connectivity index (χ2n) is 4.31. The first-order valence-corrected chi connectivity index (χ1v) is 5.20. The molecule has 1 heterocycles. The molecule has 1 unspecified atom stereocenters. The Morgan fingerprint density at radius 2 is 2.20 bits per heavy atom. The third-order valence-corrected chi connectivity index (χ3v) is 3.15. The lowest BCUT2D eigenvalue weighted by molar-refractivity contribution is -0.140. The molecule has 0 saturated carbocycles. The molecule has 0 aromatic carbocycles. The van der Waals surface area contributed by atoms with Gasteiger partial charge in [-0.2, -0.15) is 0 Å². The quantitative estimate of drug-likeness (QED) is 0.607. The number of hydrogen-bond acceptors (Lipinski definition) is 3. The van der Waals surface area contributed by atoms with E-state index in [-0.39, 0.29) is 18.4 Å². The van der Waals surface area contributed by atoms with E-state index in [4.69, 9.17) is 5.11 Å². The van der Waals surface area contributed by atoms with Gasteiger partial charge >= 0.3 is 5.97 Å². The van der Waals surface area contributed by atoms with Gasteiger partial charge in [-0.3, -0.25) is 9.59 Å². The minimum Gasteiger partial charge on any atom is -0.480 e. The lowest BCUT2D eigenvalue weighted by atomic mass is 9.75. The van der Waals surface area contributed by atoms with Crippen LogP contribution in [0.25, 0.3) is 0 Å². The molecule has 0 bridgehead atoms. The zero-order valence-corrected chi connectivity index (χ0v) is 9.17. The predicted molar refractivity (Wildman–Crippen MR) is 55.4 cm³/mol. The smallest absolute Gasteiger partial charge is 0.322 e. The van der Waals surface area contributed by atoms with Gasteiger partial charge in [-0.05, 0) is 18.9 Å². The van der Waals surface area contributed by atoms with Gasteiger partial charge in [0.25, 0.3) is 0 Å². The molecule has 0 aromatic heterocycles. The second kappa shape index (κ2) is 4.61. The van der Waals surface area contributed by atoms with Gasteiger partial charge in [0.05, 0.1) is 5.41 Å². The second-order valence-corrected chi connectivity index (χ2v) is 4.31. The molecule has 0 radical (unpaired) electrons. The highest BCUT2D eigenvalue weighted by atomic mass is 16.4. The third kappa shape index (κ3) is 2.47. The largest absolute Gasteiger partial charge is 0.480 e. The number of aliphatic carboxylic acids is 1. The van der Waals surface area contributed by atoms with Crippen LogP contribution >= 0.6 is 0 Å². The standard InChI is InChI=1S/C10H18N2O3/c1-7(2)10(3-4-11-6-10)9(15)12-5-8(13)14/h7,11H,3-6H2,1-2H3,(H,12,15)(H,13,14). The topological polar surface area (TPSA) is 78.4 Å². The average molecular weight is 214 g/mol. The molecule has 0 aliphatic carbocycles. The lowest BCUT2D eigenvalue weighted by Crippen LogP contribution is -2.47. The van der Waals surface area contributed by atoms with E-state index in [1.807, 2.05) is 13.8 Å². The maximum absolute atomic E-state index is 11.9. The first-order chi connectivity index (χ1) is 6.99. The summed E-state index contributed by atoms with van der Waals surface area (Å²) in [5.74, 6) is -0.945. The Hall–Kier alpha value is -1.10. The van der Waals surface area contributed by atoms with Gasteiger partial charge in [-0.15, -0.1) is 0 Å². The van der Waals surface area contributed by atoms with Gasteiger partial charge < -0.3 is 15.7 Å². The van der Waals surface area contributed by atoms with Crippen molar-refractivity contribution < 1.29 is 14.7 Å². The maximum Gasteiger partial charge on any atom is 0.322 e. The lowest BCUT2D eigenvalue weighted by Gasteiger charge is -2.30. The number of nitrogens with one attached hydrogen (secondary N) is 2. The molecule has 86 valence electrons. The van der Waals surface area contributed by atoms with Crippen LogP contribution in [0.2, 0.25) is 0 Å². The Bertz CT molecular complexity index is 257. The summed E-state index contributed by atoms with van der Waals surface area (Å²) in [6, 6.07) is 0. The summed E-state index contributed by atoms with van der Waals surface area (Å²) in [5, 5.41) is 14.1. The van der Waals surface area contributed by atoms with E-state index in [1.165, 1.54) is 0 Å². The number of carboxylic acid groups (broad SMARTS) is 1. The minimum absolute atomic E-state index is 0.148. The highest BCUT2D eigenvalue weighted by molar-refractivity contribution is 5.86. The Balaban J connectivity index is 2.64. The number of carbonyl (C=O) groups is 2. The maximum atomic E-state index is 11.9. The molecule has 5 heteroatoms. The average Bonchev–Trinajstić information content (AvgIpc) is 2.63. The highest BCUT2D eigenvalue weighted by Crippen LogP contribution is 2.34. The van der Waals surface area contributed by atoms with Crippen LogP contribution in [0.1, 0.15) is 20.3 Å². The molecule has 5 nitrogen and oxygen atoms in total. The van der Waals surface area contributed by atoms with E-state index < -0.39 is 11.4 Å². The van der Waals surface area contributed by atoms with E-state index in [1.54, 1.807) is 0 Å². The number of carboxylic acids is 1. The molecule has 0 aromatic rings. The third-order valence-electron chi connectivity index (χ3n) is 3.15. The number of amides is 1. The van der Waals surface area contributed by atoms with Gasteiger partial charge in [-0.1, -0.05) is 13.8 Å². The van der Waals surface area contributed by atoms with Gasteiger partial charge in [-0.25, -0.2) is 0 Å². The molecule has 15 heavy (non-hydrogen) atoms. The summed E-state index contributed by atoms with van der Waals surface area (Å²) in [7, 11) is 0. The zero-order valence-electron chi connectivity index (χ0n) is 9.17. The summed E-state index contributed by atoms with van der Waals surface area (Å²) < 4.78 is 0. The summed E-state index contributed by atoms with van der Waals surface area (Å²) >= 11 is 0. The van der Waals surface area contributed by atoms with E-state index in [9.17, 15) is 9.59 Å².